The van der Waals surface area contributed by atoms with E-state index in [0.29, 0.717) is 6.54 Å². The van der Waals surface area contributed by atoms with Gasteiger partial charge in [-0.15, -0.1) is 0 Å². The highest BCUT2D eigenvalue weighted by Crippen LogP contribution is 2.14. The highest BCUT2D eigenvalue weighted by Gasteiger charge is 2.13. The Bertz CT molecular complexity index is 325. The van der Waals surface area contributed by atoms with E-state index in [0.717, 1.165) is 5.56 Å². The smallest absolute Gasteiger partial charge is 0.236 e. The van der Waals surface area contributed by atoms with E-state index in [9.17, 15) is 4.79 Å². The molecule has 0 aliphatic carbocycles. The van der Waals surface area contributed by atoms with Crippen molar-refractivity contribution in [2.75, 3.05) is 13.7 Å². The average molecular weight is 222 g/mol. The summed E-state index contributed by atoms with van der Waals surface area (Å²) in [4.78, 5) is 11.3. The summed E-state index contributed by atoms with van der Waals surface area (Å²) in [6, 6.07) is 9.26. The molecule has 0 aliphatic heterocycles. The molecule has 0 spiro atoms. The normalized spacial score (nSPS) is 14.2. The number of carbonyl (C=O) groups excluding carboxylic acids is 1. The summed E-state index contributed by atoms with van der Waals surface area (Å²) < 4.78 is 5.31. The van der Waals surface area contributed by atoms with Crippen molar-refractivity contribution >= 4 is 5.91 Å². The Hall–Kier alpha value is -1.39. The summed E-state index contributed by atoms with van der Waals surface area (Å²) in [5.74, 6) is -0.169. The van der Waals surface area contributed by atoms with Crippen molar-refractivity contribution in [1.29, 1.82) is 0 Å². The number of ether oxygens (including phenoxy) is 1. The number of carbonyl (C=O) groups is 1. The summed E-state index contributed by atoms with van der Waals surface area (Å²) in [5.41, 5.74) is 6.49. The third kappa shape index (κ3) is 3.64. The molecule has 1 rings (SSSR count). The third-order valence-electron chi connectivity index (χ3n) is 2.33. The summed E-state index contributed by atoms with van der Waals surface area (Å²) in [7, 11) is 1.62. The van der Waals surface area contributed by atoms with Gasteiger partial charge in [-0.3, -0.25) is 4.79 Å². The molecule has 88 valence electrons. The summed E-state index contributed by atoms with van der Waals surface area (Å²) in [6.45, 7) is 2.08. The van der Waals surface area contributed by atoms with Crippen LogP contribution in [0.2, 0.25) is 0 Å². The van der Waals surface area contributed by atoms with Gasteiger partial charge in [-0.25, -0.2) is 0 Å². The van der Waals surface area contributed by atoms with Crippen LogP contribution >= 0.6 is 0 Å². The first-order chi connectivity index (χ1) is 7.65. The van der Waals surface area contributed by atoms with Crippen LogP contribution in [0.1, 0.15) is 18.6 Å². The van der Waals surface area contributed by atoms with Crippen molar-refractivity contribution < 1.29 is 9.53 Å². The number of rotatable bonds is 5. The molecular weight excluding hydrogens is 204 g/mol. The predicted molar refractivity (Wildman–Crippen MR) is 62.9 cm³/mol. The fourth-order valence-electron chi connectivity index (χ4n) is 1.36. The van der Waals surface area contributed by atoms with E-state index in [1.54, 1.807) is 14.0 Å². The van der Waals surface area contributed by atoms with E-state index in [2.05, 4.69) is 5.32 Å². The number of hydrogen-bond donors (Lipinski definition) is 2. The van der Waals surface area contributed by atoms with Crippen LogP contribution in [-0.2, 0) is 9.53 Å². The first kappa shape index (κ1) is 12.7. The Balaban J connectivity index is 2.54. The van der Waals surface area contributed by atoms with Gasteiger partial charge < -0.3 is 15.8 Å². The Kier molecular flexibility index (Phi) is 4.95. The Morgan fingerprint density at radius 1 is 1.44 bits per heavy atom. The van der Waals surface area contributed by atoms with Gasteiger partial charge in [0.2, 0.25) is 5.91 Å². The SMILES string of the molecule is COC(CNC(=O)[C@@H](C)N)c1ccccc1. The maximum absolute atomic E-state index is 11.3. The lowest BCUT2D eigenvalue weighted by atomic mass is 10.1. The largest absolute Gasteiger partial charge is 0.375 e. The molecule has 1 aromatic carbocycles. The lowest BCUT2D eigenvalue weighted by Gasteiger charge is -2.17. The minimum atomic E-state index is -0.492. The van der Waals surface area contributed by atoms with Crippen molar-refractivity contribution in [2.45, 2.75) is 19.1 Å². The first-order valence-corrected chi connectivity index (χ1v) is 5.26. The molecule has 0 heterocycles. The van der Waals surface area contributed by atoms with Gasteiger partial charge in [-0.1, -0.05) is 30.3 Å². The Labute approximate surface area is 95.8 Å². The van der Waals surface area contributed by atoms with Gasteiger partial charge in [0.1, 0.15) is 0 Å². The fourth-order valence-corrected chi connectivity index (χ4v) is 1.36. The molecule has 16 heavy (non-hydrogen) atoms. The average Bonchev–Trinajstić information content (AvgIpc) is 2.30. The van der Waals surface area contributed by atoms with Crippen LogP contribution < -0.4 is 11.1 Å². The molecular formula is C12H18N2O2. The van der Waals surface area contributed by atoms with Crippen molar-refractivity contribution in [2.24, 2.45) is 5.73 Å². The van der Waals surface area contributed by atoms with Gasteiger partial charge in [0.25, 0.3) is 0 Å². The molecule has 1 aromatic rings. The van der Waals surface area contributed by atoms with Gasteiger partial charge >= 0.3 is 0 Å². The molecule has 1 amide bonds. The molecule has 0 fully saturated rings. The van der Waals surface area contributed by atoms with Crippen molar-refractivity contribution in [3.05, 3.63) is 35.9 Å². The van der Waals surface area contributed by atoms with Crippen LogP contribution in [-0.4, -0.2) is 25.6 Å². The number of nitrogens with one attached hydrogen (secondary N) is 1. The van der Waals surface area contributed by atoms with Crippen LogP contribution in [0.15, 0.2) is 30.3 Å². The van der Waals surface area contributed by atoms with Crippen LogP contribution in [0.3, 0.4) is 0 Å². The number of amides is 1. The van der Waals surface area contributed by atoms with Gasteiger partial charge in [0.15, 0.2) is 0 Å². The van der Waals surface area contributed by atoms with E-state index in [4.69, 9.17) is 10.5 Å². The number of methoxy groups -OCH3 is 1. The van der Waals surface area contributed by atoms with E-state index >= 15 is 0 Å². The zero-order valence-corrected chi connectivity index (χ0v) is 9.64. The lowest BCUT2D eigenvalue weighted by Crippen LogP contribution is -2.40. The fraction of sp³-hybridized carbons (Fsp3) is 0.417. The van der Waals surface area contributed by atoms with Crippen LogP contribution in [0.5, 0.6) is 0 Å². The van der Waals surface area contributed by atoms with Gasteiger partial charge in [-0.05, 0) is 12.5 Å². The molecule has 4 nitrogen and oxygen atoms in total. The molecule has 0 saturated heterocycles. The first-order valence-electron chi connectivity index (χ1n) is 5.26. The summed E-state index contributed by atoms with van der Waals surface area (Å²) in [6.07, 6.45) is -0.135. The Morgan fingerprint density at radius 2 is 2.06 bits per heavy atom. The topological polar surface area (TPSA) is 64.3 Å². The molecule has 0 bridgehead atoms. The van der Waals surface area contributed by atoms with Crippen LogP contribution in [0.4, 0.5) is 0 Å². The van der Waals surface area contributed by atoms with Gasteiger partial charge in [-0.2, -0.15) is 0 Å². The second kappa shape index (κ2) is 6.25. The Morgan fingerprint density at radius 3 is 2.56 bits per heavy atom. The van der Waals surface area contributed by atoms with E-state index < -0.39 is 6.04 Å². The summed E-state index contributed by atoms with van der Waals surface area (Å²) >= 11 is 0. The molecule has 0 radical (unpaired) electrons. The van der Waals surface area contributed by atoms with Crippen molar-refractivity contribution in [3.8, 4) is 0 Å². The second-order valence-electron chi connectivity index (χ2n) is 3.67. The minimum absolute atomic E-state index is 0.135. The second-order valence-corrected chi connectivity index (χ2v) is 3.67. The van der Waals surface area contributed by atoms with E-state index in [1.165, 1.54) is 0 Å². The van der Waals surface area contributed by atoms with Crippen LogP contribution in [0.25, 0.3) is 0 Å². The number of benzene rings is 1. The minimum Gasteiger partial charge on any atom is -0.375 e. The van der Waals surface area contributed by atoms with Gasteiger partial charge in [0.05, 0.1) is 12.1 Å². The standard InChI is InChI=1S/C12H18N2O2/c1-9(13)12(15)14-8-11(16-2)10-6-4-3-5-7-10/h3-7,9,11H,8,13H2,1-2H3,(H,14,15)/t9-,11?/m1/s1. The maximum atomic E-state index is 11.3. The lowest BCUT2D eigenvalue weighted by molar-refractivity contribution is -0.122. The van der Waals surface area contributed by atoms with Crippen molar-refractivity contribution in [1.82, 2.24) is 5.32 Å². The molecule has 2 atom stereocenters. The number of hydrogen-bond acceptors (Lipinski definition) is 3. The molecule has 4 heteroatoms. The van der Waals surface area contributed by atoms with Crippen LogP contribution in [0, 0.1) is 0 Å². The highest BCUT2D eigenvalue weighted by atomic mass is 16.5. The third-order valence-corrected chi connectivity index (χ3v) is 2.33. The van der Waals surface area contributed by atoms with E-state index in [1.807, 2.05) is 30.3 Å². The quantitative estimate of drug-likeness (QED) is 0.776. The van der Waals surface area contributed by atoms with Crippen molar-refractivity contribution in [3.63, 3.8) is 0 Å². The summed E-state index contributed by atoms with van der Waals surface area (Å²) in [5, 5.41) is 2.74. The zero-order valence-electron chi connectivity index (χ0n) is 9.64. The monoisotopic (exact) mass is 222 g/mol. The molecule has 3 N–H and O–H groups in total. The molecule has 0 aliphatic rings. The predicted octanol–water partition coefficient (Wildman–Crippen LogP) is 0.838. The molecule has 1 unspecified atom stereocenters. The van der Waals surface area contributed by atoms with E-state index in [-0.39, 0.29) is 12.0 Å². The maximum Gasteiger partial charge on any atom is 0.236 e. The molecule has 0 saturated carbocycles. The van der Waals surface area contributed by atoms with Gasteiger partial charge in [0, 0.05) is 13.7 Å². The zero-order chi connectivity index (χ0) is 12.0. The highest BCUT2D eigenvalue weighted by molar-refractivity contribution is 5.80. The molecule has 0 aromatic heterocycles. The number of nitrogens with two attached hydrogens (primary N) is 1.